The number of ether oxygens (including phenoxy) is 2. The summed E-state index contributed by atoms with van der Waals surface area (Å²) in [5.41, 5.74) is 2.83. The second-order valence-electron chi connectivity index (χ2n) is 7.68. The van der Waals surface area contributed by atoms with Crippen molar-refractivity contribution in [2.24, 2.45) is 0 Å². The van der Waals surface area contributed by atoms with Crippen molar-refractivity contribution in [3.63, 3.8) is 0 Å². The molecule has 1 unspecified atom stereocenters. The molecule has 2 aromatic rings. The number of carbonyl (C=O) groups is 1. The van der Waals surface area contributed by atoms with Gasteiger partial charge in [0.25, 0.3) is 0 Å². The SMILES string of the molecule is CN(c1nc(N2CC(OC(=O)c3cscn3)C2)nc2c1S(=O)CC2)C1CCOCC1. The summed E-state index contributed by atoms with van der Waals surface area (Å²) in [6.07, 6.45) is 2.34. The molecule has 9 nitrogen and oxygen atoms in total. The smallest absolute Gasteiger partial charge is 0.358 e. The van der Waals surface area contributed by atoms with Gasteiger partial charge in [0, 0.05) is 43.9 Å². The molecule has 0 amide bonds. The first-order valence-corrected chi connectivity index (χ1v) is 12.3. The highest BCUT2D eigenvalue weighted by Crippen LogP contribution is 2.34. The van der Waals surface area contributed by atoms with E-state index in [-0.39, 0.29) is 6.10 Å². The Bertz CT molecular complexity index is 958. The Kier molecular flexibility index (Phi) is 5.42. The highest BCUT2D eigenvalue weighted by molar-refractivity contribution is 7.85. The van der Waals surface area contributed by atoms with E-state index in [1.807, 2.05) is 11.9 Å². The number of aryl methyl sites for hydroxylation is 1. The molecule has 160 valence electrons. The van der Waals surface area contributed by atoms with Gasteiger partial charge < -0.3 is 19.3 Å². The fraction of sp³-hybridized carbons (Fsp3) is 0.579. The average molecular weight is 450 g/mol. The summed E-state index contributed by atoms with van der Waals surface area (Å²) >= 11 is 1.37. The van der Waals surface area contributed by atoms with Crippen LogP contribution in [0.2, 0.25) is 0 Å². The molecule has 3 aliphatic heterocycles. The normalized spacial score (nSPS) is 21.9. The van der Waals surface area contributed by atoms with Crippen molar-refractivity contribution >= 4 is 39.9 Å². The summed E-state index contributed by atoms with van der Waals surface area (Å²) in [5.74, 6) is 1.57. The van der Waals surface area contributed by atoms with Crippen LogP contribution in [0.3, 0.4) is 0 Å². The van der Waals surface area contributed by atoms with Crippen molar-refractivity contribution < 1.29 is 18.5 Å². The molecule has 11 heteroatoms. The van der Waals surface area contributed by atoms with Crippen LogP contribution in [0.1, 0.15) is 29.0 Å². The van der Waals surface area contributed by atoms with Crippen molar-refractivity contribution in [1.29, 1.82) is 0 Å². The van der Waals surface area contributed by atoms with Gasteiger partial charge in [-0.3, -0.25) is 4.21 Å². The van der Waals surface area contributed by atoms with Gasteiger partial charge in [-0.15, -0.1) is 11.3 Å². The summed E-state index contributed by atoms with van der Waals surface area (Å²) < 4.78 is 23.6. The fourth-order valence-corrected chi connectivity index (χ4v) is 5.90. The molecule has 0 spiro atoms. The first-order chi connectivity index (χ1) is 14.6. The van der Waals surface area contributed by atoms with Crippen molar-refractivity contribution in [3.8, 4) is 0 Å². The van der Waals surface area contributed by atoms with Gasteiger partial charge in [0.15, 0.2) is 11.5 Å². The van der Waals surface area contributed by atoms with Crippen LogP contribution in [0, 0.1) is 0 Å². The Morgan fingerprint density at radius 3 is 2.87 bits per heavy atom. The zero-order valence-electron chi connectivity index (χ0n) is 16.7. The van der Waals surface area contributed by atoms with E-state index < -0.39 is 16.8 Å². The number of thiazole rings is 1. The molecule has 0 radical (unpaired) electrons. The van der Waals surface area contributed by atoms with Gasteiger partial charge in [0.2, 0.25) is 5.95 Å². The maximum absolute atomic E-state index is 12.6. The van der Waals surface area contributed by atoms with Crippen molar-refractivity contribution in [2.45, 2.75) is 36.3 Å². The highest BCUT2D eigenvalue weighted by Gasteiger charge is 2.36. The Morgan fingerprint density at radius 1 is 1.33 bits per heavy atom. The van der Waals surface area contributed by atoms with Gasteiger partial charge in [0.05, 0.1) is 35.1 Å². The Hall–Kier alpha value is -2.11. The molecule has 0 bridgehead atoms. The van der Waals surface area contributed by atoms with Gasteiger partial charge in [-0.1, -0.05) is 0 Å². The third-order valence-electron chi connectivity index (χ3n) is 5.78. The molecule has 0 saturated carbocycles. The lowest BCUT2D eigenvalue weighted by molar-refractivity contribution is 0.0225. The number of esters is 1. The molecule has 30 heavy (non-hydrogen) atoms. The molecule has 2 fully saturated rings. The molecule has 2 saturated heterocycles. The molecule has 1 atom stereocenters. The van der Waals surface area contributed by atoms with Gasteiger partial charge in [-0.2, -0.15) is 4.98 Å². The molecule has 5 heterocycles. The fourth-order valence-electron chi connectivity index (χ4n) is 3.99. The van der Waals surface area contributed by atoms with Crippen LogP contribution in [-0.2, 0) is 26.7 Å². The molecule has 0 N–H and O–H groups in total. The van der Waals surface area contributed by atoms with Crippen LogP contribution in [0.5, 0.6) is 0 Å². The molecular formula is C19H23N5O4S2. The summed E-state index contributed by atoms with van der Waals surface area (Å²) in [4.78, 5) is 30.5. The van der Waals surface area contributed by atoms with E-state index in [2.05, 4.69) is 9.88 Å². The zero-order valence-corrected chi connectivity index (χ0v) is 18.3. The van der Waals surface area contributed by atoms with E-state index in [0.717, 1.165) is 42.5 Å². The minimum Gasteiger partial charge on any atom is -0.454 e. The van der Waals surface area contributed by atoms with Crippen LogP contribution in [-0.4, -0.2) is 76.4 Å². The summed E-state index contributed by atoms with van der Waals surface area (Å²) in [5, 5.41) is 1.68. The maximum atomic E-state index is 12.6. The predicted molar refractivity (Wildman–Crippen MR) is 113 cm³/mol. The monoisotopic (exact) mass is 449 g/mol. The first kappa shape index (κ1) is 19.8. The maximum Gasteiger partial charge on any atom is 0.358 e. The second kappa shape index (κ2) is 8.20. The van der Waals surface area contributed by atoms with Gasteiger partial charge >= 0.3 is 5.97 Å². The number of aromatic nitrogens is 3. The van der Waals surface area contributed by atoms with E-state index in [1.165, 1.54) is 11.3 Å². The van der Waals surface area contributed by atoms with Crippen LogP contribution >= 0.6 is 11.3 Å². The third-order valence-corrected chi connectivity index (χ3v) is 7.81. The Morgan fingerprint density at radius 2 is 2.13 bits per heavy atom. The Balaban J connectivity index is 1.33. The van der Waals surface area contributed by atoms with E-state index >= 15 is 0 Å². The lowest BCUT2D eigenvalue weighted by Crippen LogP contribution is -2.54. The average Bonchev–Trinajstić information content (AvgIpc) is 3.40. The minimum atomic E-state index is -1.06. The van der Waals surface area contributed by atoms with Crippen LogP contribution in [0.25, 0.3) is 0 Å². The van der Waals surface area contributed by atoms with Crippen molar-refractivity contribution in [3.05, 3.63) is 22.3 Å². The minimum absolute atomic E-state index is 0.207. The number of fused-ring (bicyclic) bond motifs is 1. The standard InChI is InChI=1S/C19H23N5O4S2/c1-23(12-2-5-27-6-3-12)17-16-14(4-7-30(16)26)21-19(22-17)24-8-13(9-24)28-18(25)15-10-29-11-20-15/h10-13H,2-9H2,1H3. The second-order valence-corrected chi connectivity index (χ2v) is 9.91. The van der Waals surface area contributed by atoms with E-state index in [1.54, 1.807) is 10.9 Å². The lowest BCUT2D eigenvalue weighted by atomic mass is 10.1. The topological polar surface area (TPSA) is 97.8 Å². The number of hydrogen-bond acceptors (Lipinski definition) is 10. The first-order valence-electron chi connectivity index (χ1n) is 10.0. The Labute approximate surface area is 180 Å². The van der Waals surface area contributed by atoms with E-state index in [4.69, 9.17) is 19.4 Å². The molecule has 0 aromatic carbocycles. The van der Waals surface area contributed by atoms with Crippen LogP contribution in [0.15, 0.2) is 15.8 Å². The molecular weight excluding hydrogens is 426 g/mol. The lowest BCUT2D eigenvalue weighted by Gasteiger charge is -2.39. The van der Waals surface area contributed by atoms with E-state index in [9.17, 15) is 9.00 Å². The summed E-state index contributed by atoms with van der Waals surface area (Å²) in [6, 6.07) is 0.311. The van der Waals surface area contributed by atoms with Crippen molar-refractivity contribution in [2.75, 3.05) is 48.9 Å². The summed E-state index contributed by atoms with van der Waals surface area (Å²) in [7, 11) is 0.957. The number of nitrogens with zero attached hydrogens (tertiary/aromatic N) is 5. The molecule has 3 aliphatic rings. The van der Waals surface area contributed by atoms with E-state index in [0.29, 0.717) is 42.9 Å². The number of anilines is 2. The quantitative estimate of drug-likeness (QED) is 0.625. The molecule has 5 rings (SSSR count). The molecule has 0 aliphatic carbocycles. The number of hydrogen-bond donors (Lipinski definition) is 0. The summed E-state index contributed by atoms with van der Waals surface area (Å²) in [6.45, 7) is 2.54. The van der Waals surface area contributed by atoms with Crippen LogP contribution < -0.4 is 9.80 Å². The number of rotatable bonds is 5. The van der Waals surface area contributed by atoms with Gasteiger partial charge in [-0.05, 0) is 12.8 Å². The third kappa shape index (κ3) is 3.69. The van der Waals surface area contributed by atoms with Crippen LogP contribution in [0.4, 0.5) is 11.8 Å². The van der Waals surface area contributed by atoms with Gasteiger partial charge in [-0.25, -0.2) is 14.8 Å². The zero-order chi connectivity index (χ0) is 20.7. The largest absolute Gasteiger partial charge is 0.454 e. The predicted octanol–water partition coefficient (Wildman–Crippen LogP) is 1.26. The number of carbonyl (C=O) groups excluding carboxylic acids is 1. The molecule has 2 aromatic heterocycles. The van der Waals surface area contributed by atoms with Gasteiger partial charge in [0.1, 0.15) is 11.0 Å². The van der Waals surface area contributed by atoms with Crippen molar-refractivity contribution in [1.82, 2.24) is 15.0 Å². The highest BCUT2D eigenvalue weighted by atomic mass is 32.2.